The number of nitrogens with one attached hydrogen (secondary N) is 2. The van der Waals surface area contributed by atoms with Gasteiger partial charge < -0.3 is 15.2 Å². The number of aryl methyl sites for hydroxylation is 1. The molecule has 0 radical (unpaired) electrons. The van der Waals surface area contributed by atoms with Gasteiger partial charge in [-0.2, -0.15) is 0 Å². The lowest BCUT2D eigenvalue weighted by Gasteiger charge is -2.17. The summed E-state index contributed by atoms with van der Waals surface area (Å²) in [4.78, 5) is 13.6. The minimum Gasteiger partial charge on any atom is -0.331 e. The molecule has 6 heteroatoms. The average molecular weight is 374 g/mol. The molecule has 3 rings (SSSR count). The van der Waals surface area contributed by atoms with E-state index in [0.717, 1.165) is 10.6 Å². The van der Waals surface area contributed by atoms with Crippen molar-refractivity contribution in [2.75, 3.05) is 5.32 Å². The SMILES string of the molecule is Cc1sc(-n2cccc2)c(C(C)NC(=O)Nc2cccc(Cl)c2)c1C. The van der Waals surface area contributed by atoms with Crippen molar-refractivity contribution in [1.82, 2.24) is 9.88 Å². The van der Waals surface area contributed by atoms with Crippen LogP contribution >= 0.6 is 22.9 Å². The predicted molar refractivity (Wildman–Crippen MR) is 105 cm³/mol. The molecule has 4 nitrogen and oxygen atoms in total. The number of hydrogen-bond donors (Lipinski definition) is 2. The Hall–Kier alpha value is -2.24. The number of carbonyl (C=O) groups excluding carboxylic acids is 1. The molecule has 2 N–H and O–H groups in total. The molecule has 0 aliphatic carbocycles. The summed E-state index contributed by atoms with van der Waals surface area (Å²) in [5.74, 6) is 0. The summed E-state index contributed by atoms with van der Waals surface area (Å²) < 4.78 is 2.09. The number of anilines is 1. The van der Waals surface area contributed by atoms with E-state index in [4.69, 9.17) is 11.6 Å². The number of halogens is 1. The number of urea groups is 1. The number of rotatable bonds is 4. The quantitative estimate of drug-likeness (QED) is 0.606. The minimum atomic E-state index is -0.253. The molecule has 1 unspecified atom stereocenters. The molecule has 0 bridgehead atoms. The standard InChI is InChI=1S/C19H20ClN3OS/c1-12-14(3)25-18(23-9-4-5-10-23)17(12)13(2)21-19(24)22-16-8-6-7-15(20)11-16/h4-11,13H,1-3H3,(H2,21,22,24). The van der Waals surface area contributed by atoms with Gasteiger partial charge in [0, 0.05) is 33.5 Å². The van der Waals surface area contributed by atoms with Gasteiger partial charge >= 0.3 is 6.03 Å². The summed E-state index contributed by atoms with van der Waals surface area (Å²) in [5, 5.41) is 7.57. The van der Waals surface area contributed by atoms with E-state index in [-0.39, 0.29) is 12.1 Å². The molecule has 0 aliphatic rings. The van der Waals surface area contributed by atoms with Crippen molar-refractivity contribution < 1.29 is 4.79 Å². The van der Waals surface area contributed by atoms with E-state index in [1.807, 2.05) is 31.5 Å². The Morgan fingerprint density at radius 1 is 1.20 bits per heavy atom. The first-order chi connectivity index (χ1) is 12.0. The summed E-state index contributed by atoms with van der Waals surface area (Å²) in [6, 6.07) is 10.7. The molecule has 130 valence electrons. The van der Waals surface area contributed by atoms with Crippen LogP contribution in [0.25, 0.3) is 5.00 Å². The summed E-state index contributed by atoms with van der Waals surface area (Å²) in [6.07, 6.45) is 4.04. The lowest BCUT2D eigenvalue weighted by atomic mass is 10.1. The van der Waals surface area contributed by atoms with E-state index in [0.29, 0.717) is 10.7 Å². The van der Waals surface area contributed by atoms with Crippen LogP contribution in [-0.2, 0) is 0 Å². The van der Waals surface area contributed by atoms with E-state index >= 15 is 0 Å². The van der Waals surface area contributed by atoms with Gasteiger partial charge in [-0.15, -0.1) is 11.3 Å². The highest BCUT2D eigenvalue weighted by atomic mass is 35.5. The minimum absolute atomic E-state index is 0.124. The van der Waals surface area contributed by atoms with Crippen molar-refractivity contribution in [3.8, 4) is 5.00 Å². The van der Waals surface area contributed by atoms with Crippen molar-refractivity contribution in [2.45, 2.75) is 26.8 Å². The fraction of sp³-hybridized carbons (Fsp3) is 0.211. The average Bonchev–Trinajstić information content (AvgIpc) is 3.16. The highest BCUT2D eigenvalue weighted by Gasteiger charge is 2.20. The monoisotopic (exact) mass is 373 g/mol. The van der Waals surface area contributed by atoms with Gasteiger partial charge in [-0.05, 0) is 56.7 Å². The van der Waals surface area contributed by atoms with Gasteiger partial charge in [0.25, 0.3) is 0 Å². The zero-order valence-electron chi connectivity index (χ0n) is 14.3. The van der Waals surface area contributed by atoms with E-state index in [1.54, 1.807) is 35.6 Å². The largest absolute Gasteiger partial charge is 0.331 e. The van der Waals surface area contributed by atoms with E-state index in [1.165, 1.54) is 10.4 Å². The van der Waals surface area contributed by atoms with Gasteiger partial charge in [0.2, 0.25) is 0 Å². The van der Waals surface area contributed by atoms with Gasteiger partial charge in [0.1, 0.15) is 5.00 Å². The van der Waals surface area contributed by atoms with E-state index in [2.05, 4.69) is 29.0 Å². The maximum atomic E-state index is 12.4. The molecule has 25 heavy (non-hydrogen) atoms. The van der Waals surface area contributed by atoms with Crippen molar-refractivity contribution in [3.05, 3.63) is 69.8 Å². The fourth-order valence-electron chi connectivity index (χ4n) is 2.80. The Morgan fingerprint density at radius 2 is 1.92 bits per heavy atom. The van der Waals surface area contributed by atoms with Crippen molar-refractivity contribution in [3.63, 3.8) is 0 Å². The number of amides is 2. The fourth-order valence-corrected chi connectivity index (χ4v) is 4.21. The first-order valence-electron chi connectivity index (χ1n) is 8.02. The molecule has 0 fully saturated rings. The maximum absolute atomic E-state index is 12.4. The molecule has 1 atom stereocenters. The van der Waals surface area contributed by atoms with Crippen LogP contribution in [-0.4, -0.2) is 10.6 Å². The van der Waals surface area contributed by atoms with Gasteiger partial charge in [-0.25, -0.2) is 4.79 Å². The first-order valence-corrected chi connectivity index (χ1v) is 9.21. The number of aromatic nitrogens is 1. The third-order valence-corrected chi connectivity index (χ3v) is 5.59. The first kappa shape index (κ1) is 17.6. The highest BCUT2D eigenvalue weighted by Crippen LogP contribution is 2.35. The number of thiophene rings is 1. The summed E-state index contributed by atoms with van der Waals surface area (Å²) in [6.45, 7) is 6.20. The smallest absolute Gasteiger partial charge is 0.319 e. The zero-order valence-corrected chi connectivity index (χ0v) is 15.9. The van der Waals surface area contributed by atoms with Crippen LogP contribution in [0.2, 0.25) is 5.02 Å². The van der Waals surface area contributed by atoms with Gasteiger partial charge in [-0.3, -0.25) is 0 Å². The molecular weight excluding hydrogens is 354 g/mol. The van der Waals surface area contributed by atoms with Gasteiger partial charge in [0.05, 0.1) is 6.04 Å². The third-order valence-electron chi connectivity index (χ3n) is 4.11. The Balaban J connectivity index is 1.79. The lowest BCUT2D eigenvalue weighted by molar-refractivity contribution is 0.249. The number of carbonyl (C=O) groups is 1. The lowest BCUT2D eigenvalue weighted by Crippen LogP contribution is -2.31. The zero-order chi connectivity index (χ0) is 18.0. The van der Waals surface area contributed by atoms with Crippen LogP contribution in [0.4, 0.5) is 10.5 Å². The summed E-state index contributed by atoms with van der Waals surface area (Å²) in [5.41, 5.74) is 3.02. The van der Waals surface area contributed by atoms with Crippen molar-refractivity contribution in [2.24, 2.45) is 0 Å². The number of hydrogen-bond acceptors (Lipinski definition) is 2. The molecule has 1 aromatic carbocycles. The number of nitrogens with zero attached hydrogens (tertiary/aromatic N) is 1. The van der Waals surface area contributed by atoms with E-state index < -0.39 is 0 Å². The van der Waals surface area contributed by atoms with Crippen LogP contribution < -0.4 is 10.6 Å². The molecule has 0 saturated carbocycles. The molecule has 2 aromatic heterocycles. The van der Waals surface area contributed by atoms with Crippen LogP contribution in [0.15, 0.2) is 48.8 Å². The summed E-state index contributed by atoms with van der Waals surface area (Å²) in [7, 11) is 0. The van der Waals surface area contributed by atoms with Crippen molar-refractivity contribution in [1.29, 1.82) is 0 Å². The molecule has 0 aliphatic heterocycles. The number of benzene rings is 1. The van der Waals surface area contributed by atoms with E-state index in [9.17, 15) is 4.79 Å². The maximum Gasteiger partial charge on any atom is 0.319 e. The van der Waals surface area contributed by atoms with Gasteiger partial charge in [-0.1, -0.05) is 17.7 Å². The Labute approximate surface area is 156 Å². The molecule has 0 spiro atoms. The molecule has 3 aromatic rings. The second kappa shape index (κ2) is 7.33. The van der Waals surface area contributed by atoms with Crippen LogP contribution in [0.5, 0.6) is 0 Å². The molecule has 0 saturated heterocycles. The Kier molecular flexibility index (Phi) is 5.16. The summed E-state index contributed by atoms with van der Waals surface area (Å²) >= 11 is 7.69. The molecule has 2 amide bonds. The highest BCUT2D eigenvalue weighted by molar-refractivity contribution is 7.14. The predicted octanol–water partition coefficient (Wildman–Crippen LogP) is 5.69. The second-order valence-corrected chi connectivity index (χ2v) is 7.56. The normalized spacial score (nSPS) is 12.0. The Morgan fingerprint density at radius 3 is 2.60 bits per heavy atom. The molecule has 2 heterocycles. The van der Waals surface area contributed by atoms with Crippen LogP contribution in [0.3, 0.4) is 0 Å². The topological polar surface area (TPSA) is 46.1 Å². The van der Waals surface area contributed by atoms with Gasteiger partial charge in [0.15, 0.2) is 0 Å². The second-order valence-electron chi connectivity index (χ2n) is 5.92. The van der Waals surface area contributed by atoms with Crippen molar-refractivity contribution >= 4 is 34.7 Å². The third kappa shape index (κ3) is 3.89. The Bertz CT molecular complexity index is 886. The van der Waals surface area contributed by atoms with Crippen LogP contribution in [0.1, 0.15) is 29.0 Å². The molecular formula is C19H20ClN3OS. The van der Waals surface area contributed by atoms with Crippen LogP contribution in [0, 0.1) is 13.8 Å².